The molecule has 198 valence electrons. The van der Waals surface area contributed by atoms with Gasteiger partial charge in [-0.3, -0.25) is 9.78 Å². The molecule has 9 nitrogen and oxygen atoms in total. The van der Waals surface area contributed by atoms with Crippen molar-refractivity contribution >= 4 is 11.9 Å². The maximum atomic E-state index is 14.2. The summed E-state index contributed by atoms with van der Waals surface area (Å²) >= 11 is 0. The Kier molecular flexibility index (Phi) is 7.09. The molecule has 2 aromatic heterocycles. The standard InChI is InChI=1S/C29H35N7O2/c1-5-38-25-13-24(34-16-22(25)14-30)19(2)36-18-29(7-6-8-29)26-21(15-31-3)11-20(12-23(26)27(36)37)17-35-10-9-33-28(35)32-4/h9-13,16,19,31H,5-8,15,17-18H2,1-4H3,(H,32,33). The van der Waals surface area contributed by atoms with Crippen molar-refractivity contribution in [3.8, 4) is 11.8 Å². The molecule has 1 unspecified atom stereocenters. The van der Waals surface area contributed by atoms with Gasteiger partial charge in [0.2, 0.25) is 5.95 Å². The molecule has 1 fully saturated rings. The monoisotopic (exact) mass is 513 g/mol. The van der Waals surface area contributed by atoms with Gasteiger partial charge >= 0.3 is 0 Å². The van der Waals surface area contributed by atoms with E-state index in [1.54, 1.807) is 12.4 Å². The fourth-order valence-corrected chi connectivity index (χ4v) is 6.00. The van der Waals surface area contributed by atoms with Crippen LogP contribution in [0.5, 0.6) is 5.75 Å². The first-order chi connectivity index (χ1) is 18.4. The molecule has 0 radical (unpaired) electrons. The van der Waals surface area contributed by atoms with Gasteiger partial charge in [0.1, 0.15) is 17.4 Å². The molecule has 1 aromatic carbocycles. The Morgan fingerprint density at radius 2 is 2.05 bits per heavy atom. The lowest BCUT2D eigenvalue weighted by molar-refractivity contribution is 0.0484. The highest BCUT2D eigenvalue weighted by molar-refractivity contribution is 5.98. The number of ether oxygens (including phenoxy) is 1. The summed E-state index contributed by atoms with van der Waals surface area (Å²) in [6, 6.07) is 8.02. The number of imidazole rings is 1. The van der Waals surface area contributed by atoms with Crippen LogP contribution in [0.1, 0.15) is 77.5 Å². The van der Waals surface area contributed by atoms with E-state index in [0.29, 0.717) is 37.6 Å². The molecule has 3 heterocycles. The van der Waals surface area contributed by atoms with Crippen molar-refractivity contribution in [2.24, 2.45) is 0 Å². The van der Waals surface area contributed by atoms with Crippen LogP contribution < -0.4 is 15.4 Å². The summed E-state index contributed by atoms with van der Waals surface area (Å²) in [6.07, 6.45) is 8.54. The Labute approximate surface area is 223 Å². The maximum Gasteiger partial charge on any atom is 0.254 e. The second-order valence-corrected chi connectivity index (χ2v) is 10.2. The quantitative estimate of drug-likeness (QED) is 0.445. The van der Waals surface area contributed by atoms with Crippen LogP contribution in [0.15, 0.2) is 36.8 Å². The number of hydrogen-bond donors (Lipinski definition) is 2. The van der Waals surface area contributed by atoms with Gasteiger partial charge in [0, 0.05) is 55.8 Å². The highest BCUT2D eigenvalue weighted by Gasteiger charge is 2.49. The Bertz CT molecular complexity index is 1390. The predicted octanol–water partition coefficient (Wildman–Crippen LogP) is 4.00. The number of benzene rings is 1. The van der Waals surface area contributed by atoms with Gasteiger partial charge < -0.3 is 24.8 Å². The van der Waals surface area contributed by atoms with E-state index in [9.17, 15) is 10.1 Å². The molecule has 5 rings (SSSR count). The lowest BCUT2D eigenvalue weighted by Crippen LogP contribution is -2.54. The van der Waals surface area contributed by atoms with Crippen LogP contribution >= 0.6 is 0 Å². The highest BCUT2D eigenvalue weighted by atomic mass is 16.5. The molecule has 2 aliphatic rings. The van der Waals surface area contributed by atoms with Crippen molar-refractivity contribution in [2.45, 2.75) is 57.7 Å². The van der Waals surface area contributed by atoms with E-state index >= 15 is 0 Å². The minimum atomic E-state index is -0.263. The minimum absolute atomic E-state index is 0.0211. The average molecular weight is 514 g/mol. The van der Waals surface area contributed by atoms with Crippen LogP contribution in [0, 0.1) is 11.3 Å². The van der Waals surface area contributed by atoms with Gasteiger partial charge in [-0.25, -0.2) is 4.98 Å². The summed E-state index contributed by atoms with van der Waals surface area (Å²) in [5.74, 6) is 1.31. The van der Waals surface area contributed by atoms with E-state index in [0.717, 1.165) is 42.0 Å². The molecule has 1 atom stereocenters. The Balaban J connectivity index is 1.57. The first kappa shape index (κ1) is 25.7. The first-order valence-electron chi connectivity index (χ1n) is 13.3. The SMILES string of the molecule is CCOc1cc(C(C)N2CC3(CCC3)c3c(CNC)cc(Cn4ccnc4NC)cc3C2=O)ncc1C#N. The number of fused-ring (bicyclic) bond motifs is 2. The topological polar surface area (TPSA) is 108 Å². The van der Waals surface area contributed by atoms with E-state index in [2.05, 4.69) is 38.8 Å². The average Bonchev–Trinajstić information content (AvgIpc) is 3.35. The number of hydrogen-bond acceptors (Lipinski definition) is 7. The van der Waals surface area contributed by atoms with Gasteiger partial charge in [0.15, 0.2) is 0 Å². The number of carbonyl (C=O) groups is 1. The molecule has 1 aliphatic heterocycles. The van der Waals surface area contributed by atoms with Crippen molar-refractivity contribution in [2.75, 3.05) is 32.6 Å². The third kappa shape index (κ3) is 4.39. The van der Waals surface area contributed by atoms with E-state index in [1.807, 2.05) is 49.7 Å². The van der Waals surface area contributed by atoms with Gasteiger partial charge in [0.05, 0.1) is 24.9 Å². The van der Waals surface area contributed by atoms with Crippen molar-refractivity contribution in [3.05, 3.63) is 70.3 Å². The van der Waals surface area contributed by atoms with Crippen LogP contribution in [0.4, 0.5) is 5.95 Å². The second kappa shape index (κ2) is 10.5. The first-order valence-corrected chi connectivity index (χ1v) is 13.3. The Morgan fingerprint density at radius 3 is 2.71 bits per heavy atom. The zero-order valence-electron chi connectivity index (χ0n) is 22.5. The number of carbonyl (C=O) groups excluding carboxylic acids is 1. The van der Waals surface area contributed by atoms with E-state index < -0.39 is 0 Å². The fraction of sp³-hybridized carbons (Fsp3) is 0.448. The molecule has 0 bridgehead atoms. The van der Waals surface area contributed by atoms with Crippen molar-refractivity contribution in [1.29, 1.82) is 5.26 Å². The van der Waals surface area contributed by atoms with Crippen molar-refractivity contribution in [1.82, 2.24) is 24.8 Å². The van der Waals surface area contributed by atoms with Crippen molar-refractivity contribution in [3.63, 3.8) is 0 Å². The van der Waals surface area contributed by atoms with E-state index in [1.165, 1.54) is 11.1 Å². The molecule has 1 saturated carbocycles. The van der Waals surface area contributed by atoms with Gasteiger partial charge in [-0.15, -0.1) is 0 Å². The Morgan fingerprint density at radius 1 is 1.24 bits per heavy atom. The molecule has 9 heteroatoms. The molecular formula is C29H35N7O2. The summed E-state index contributed by atoms with van der Waals surface area (Å²) in [4.78, 5) is 25.1. The zero-order valence-corrected chi connectivity index (χ0v) is 22.5. The predicted molar refractivity (Wildman–Crippen MR) is 145 cm³/mol. The smallest absolute Gasteiger partial charge is 0.254 e. The molecule has 3 aromatic rings. The number of anilines is 1. The third-order valence-electron chi connectivity index (χ3n) is 7.95. The Hall–Kier alpha value is -3.90. The number of amides is 1. The molecule has 1 amide bonds. The lowest BCUT2D eigenvalue weighted by atomic mass is 9.60. The van der Waals surface area contributed by atoms with Gasteiger partial charge in [-0.1, -0.05) is 12.5 Å². The second-order valence-electron chi connectivity index (χ2n) is 10.2. The zero-order chi connectivity index (χ0) is 26.9. The van der Waals surface area contributed by atoms with Crippen LogP contribution in [-0.2, 0) is 18.5 Å². The largest absolute Gasteiger partial charge is 0.492 e. The van der Waals surface area contributed by atoms with E-state index in [-0.39, 0.29) is 17.4 Å². The van der Waals surface area contributed by atoms with Gasteiger partial charge in [-0.2, -0.15) is 5.26 Å². The van der Waals surface area contributed by atoms with E-state index in [4.69, 9.17) is 4.74 Å². The number of nitrogens with one attached hydrogen (secondary N) is 2. The number of nitriles is 1. The maximum absolute atomic E-state index is 14.2. The number of aromatic nitrogens is 3. The summed E-state index contributed by atoms with van der Waals surface area (Å²) < 4.78 is 7.75. The summed E-state index contributed by atoms with van der Waals surface area (Å²) in [5, 5.41) is 15.9. The van der Waals surface area contributed by atoms with Gasteiger partial charge in [0.25, 0.3) is 5.91 Å². The summed E-state index contributed by atoms with van der Waals surface area (Å²) in [6.45, 7) is 6.34. The third-order valence-corrected chi connectivity index (χ3v) is 7.95. The van der Waals surface area contributed by atoms with Crippen LogP contribution in [-0.4, -0.2) is 52.6 Å². The van der Waals surface area contributed by atoms with Crippen LogP contribution in [0.3, 0.4) is 0 Å². The summed E-state index contributed by atoms with van der Waals surface area (Å²) in [5.41, 5.74) is 5.33. The number of rotatable bonds is 9. The molecule has 2 N–H and O–H groups in total. The molecule has 0 saturated heterocycles. The van der Waals surface area contributed by atoms with Crippen molar-refractivity contribution < 1.29 is 9.53 Å². The lowest BCUT2D eigenvalue weighted by Gasteiger charge is -2.52. The molecular weight excluding hydrogens is 478 g/mol. The summed E-state index contributed by atoms with van der Waals surface area (Å²) in [7, 11) is 3.81. The number of pyridine rings is 1. The highest BCUT2D eigenvalue weighted by Crippen LogP contribution is 2.51. The fourth-order valence-electron chi connectivity index (χ4n) is 6.00. The minimum Gasteiger partial charge on any atom is -0.492 e. The molecule has 38 heavy (non-hydrogen) atoms. The number of nitrogens with zero attached hydrogens (tertiary/aromatic N) is 5. The normalized spacial score (nSPS) is 16.5. The molecule has 1 spiro atoms. The van der Waals surface area contributed by atoms with Crippen LogP contribution in [0.25, 0.3) is 0 Å². The molecule has 1 aliphatic carbocycles. The van der Waals surface area contributed by atoms with Gasteiger partial charge in [-0.05, 0) is 56.5 Å². The van der Waals surface area contributed by atoms with Crippen LogP contribution in [0.2, 0.25) is 0 Å².